The summed E-state index contributed by atoms with van der Waals surface area (Å²) < 4.78 is 5.15. The number of oxime groups is 1. The van der Waals surface area contributed by atoms with Gasteiger partial charge >= 0.3 is 0 Å². The van der Waals surface area contributed by atoms with Crippen LogP contribution in [0, 0.1) is 0 Å². The molecule has 1 rings (SSSR count). The summed E-state index contributed by atoms with van der Waals surface area (Å²) in [5, 5.41) is 14.9. The van der Waals surface area contributed by atoms with Crippen molar-refractivity contribution in [3.8, 4) is 0 Å². The summed E-state index contributed by atoms with van der Waals surface area (Å²) in [5.74, 6) is -0.230. The average molecular weight is 272 g/mol. The van der Waals surface area contributed by atoms with Gasteiger partial charge in [-0.05, 0) is 33.7 Å². The highest BCUT2D eigenvalue weighted by Crippen LogP contribution is 2.23. The van der Waals surface area contributed by atoms with E-state index in [0.29, 0.717) is 12.8 Å². The van der Waals surface area contributed by atoms with Gasteiger partial charge in [0.2, 0.25) is 0 Å². The third-order valence-electron chi connectivity index (χ3n) is 3.85. The van der Waals surface area contributed by atoms with Crippen molar-refractivity contribution >= 4 is 11.7 Å². The number of carbonyl (C=O) groups excluding carboxylic acids is 1. The SMILES string of the molecule is COC(C)(C)C(=O)NC1(C(N)=NO)CCN(C)CC1. The first-order valence-corrected chi connectivity index (χ1v) is 6.32. The van der Waals surface area contributed by atoms with Crippen LogP contribution in [0.1, 0.15) is 26.7 Å². The number of likely N-dealkylation sites (tertiary alicyclic amines) is 1. The second-order valence-corrected chi connectivity index (χ2v) is 5.54. The smallest absolute Gasteiger partial charge is 0.252 e. The Morgan fingerprint density at radius 1 is 1.47 bits per heavy atom. The number of amidine groups is 1. The fourth-order valence-electron chi connectivity index (χ4n) is 2.00. The summed E-state index contributed by atoms with van der Waals surface area (Å²) in [7, 11) is 3.47. The number of ether oxygens (including phenoxy) is 1. The molecule has 1 aliphatic heterocycles. The van der Waals surface area contributed by atoms with Gasteiger partial charge in [0.1, 0.15) is 11.1 Å². The second kappa shape index (κ2) is 5.75. The minimum Gasteiger partial charge on any atom is -0.409 e. The van der Waals surface area contributed by atoms with E-state index in [1.54, 1.807) is 13.8 Å². The van der Waals surface area contributed by atoms with E-state index in [9.17, 15) is 4.79 Å². The van der Waals surface area contributed by atoms with Gasteiger partial charge < -0.3 is 25.9 Å². The molecule has 1 heterocycles. The molecule has 0 saturated carbocycles. The lowest BCUT2D eigenvalue weighted by molar-refractivity contribution is -0.141. The maximum absolute atomic E-state index is 12.2. The molecule has 0 bridgehead atoms. The molecular weight excluding hydrogens is 248 g/mol. The van der Waals surface area contributed by atoms with Gasteiger partial charge in [0.05, 0.1) is 0 Å². The summed E-state index contributed by atoms with van der Waals surface area (Å²) in [4.78, 5) is 14.4. The zero-order chi connectivity index (χ0) is 14.7. The van der Waals surface area contributed by atoms with Crippen molar-refractivity contribution < 1.29 is 14.7 Å². The Labute approximate surface area is 113 Å². The van der Waals surface area contributed by atoms with Crippen molar-refractivity contribution in [3.05, 3.63) is 0 Å². The summed E-state index contributed by atoms with van der Waals surface area (Å²) in [5.41, 5.74) is 4.04. The van der Waals surface area contributed by atoms with Gasteiger partial charge in [-0.3, -0.25) is 4.79 Å². The topological polar surface area (TPSA) is 100 Å². The number of hydrogen-bond donors (Lipinski definition) is 3. The quantitative estimate of drug-likeness (QED) is 0.283. The predicted molar refractivity (Wildman–Crippen MR) is 72.1 cm³/mol. The maximum atomic E-state index is 12.2. The molecule has 0 aliphatic carbocycles. The van der Waals surface area contributed by atoms with Crippen LogP contribution in [0.4, 0.5) is 0 Å². The third kappa shape index (κ3) is 3.36. The van der Waals surface area contributed by atoms with Crippen LogP contribution in [0.25, 0.3) is 0 Å². The van der Waals surface area contributed by atoms with Crippen molar-refractivity contribution in [2.75, 3.05) is 27.2 Å². The van der Waals surface area contributed by atoms with Crippen molar-refractivity contribution in [2.24, 2.45) is 10.9 Å². The van der Waals surface area contributed by atoms with Crippen molar-refractivity contribution in [3.63, 3.8) is 0 Å². The summed E-state index contributed by atoms with van der Waals surface area (Å²) in [6, 6.07) is 0. The van der Waals surface area contributed by atoms with Gasteiger partial charge in [-0.15, -0.1) is 0 Å². The van der Waals surface area contributed by atoms with E-state index in [4.69, 9.17) is 15.7 Å². The van der Waals surface area contributed by atoms with Gasteiger partial charge in [-0.2, -0.15) is 0 Å². The molecule has 19 heavy (non-hydrogen) atoms. The largest absolute Gasteiger partial charge is 0.409 e. The van der Waals surface area contributed by atoms with Crippen molar-refractivity contribution in [1.82, 2.24) is 10.2 Å². The Bertz CT molecular complexity index is 360. The lowest BCUT2D eigenvalue weighted by Gasteiger charge is -2.41. The van der Waals surface area contributed by atoms with E-state index < -0.39 is 11.1 Å². The van der Waals surface area contributed by atoms with E-state index in [2.05, 4.69) is 15.4 Å². The number of hydrogen-bond acceptors (Lipinski definition) is 5. The molecular formula is C12H24N4O3. The standard InChI is InChI=1S/C12H24N4O3/c1-11(2,19-4)10(17)14-12(9(13)15-18)5-7-16(3)8-6-12/h18H,5-8H2,1-4H3,(H2,13,15)(H,14,17). The molecule has 0 atom stereocenters. The molecule has 0 aromatic rings. The van der Waals surface area contributed by atoms with Crippen LogP contribution in [-0.4, -0.2) is 60.2 Å². The number of methoxy groups -OCH3 is 1. The summed E-state index contributed by atoms with van der Waals surface area (Å²) >= 11 is 0. The van der Waals surface area contributed by atoms with Gasteiger partial charge in [-0.25, -0.2) is 0 Å². The maximum Gasteiger partial charge on any atom is 0.252 e. The van der Waals surface area contributed by atoms with Crippen LogP contribution >= 0.6 is 0 Å². The molecule has 0 spiro atoms. The molecule has 1 fully saturated rings. The molecule has 1 aliphatic rings. The second-order valence-electron chi connectivity index (χ2n) is 5.54. The number of nitrogens with two attached hydrogens (primary N) is 1. The van der Waals surface area contributed by atoms with E-state index >= 15 is 0 Å². The van der Waals surface area contributed by atoms with Crippen molar-refractivity contribution in [2.45, 2.75) is 37.8 Å². The third-order valence-corrected chi connectivity index (χ3v) is 3.85. The first-order valence-electron chi connectivity index (χ1n) is 6.32. The molecule has 7 heteroatoms. The molecule has 1 amide bonds. The first kappa shape index (κ1) is 15.7. The van der Waals surface area contributed by atoms with Gasteiger partial charge in [0, 0.05) is 20.2 Å². The number of piperidine rings is 1. The van der Waals surface area contributed by atoms with Crippen LogP contribution in [0.5, 0.6) is 0 Å². The molecule has 0 aromatic heterocycles. The Balaban J connectivity index is 2.91. The molecule has 0 unspecified atom stereocenters. The zero-order valence-electron chi connectivity index (χ0n) is 12.1. The minimum absolute atomic E-state index is 0.0425. The number of nitrogens with one attached hydrogen (secondary N) is 1. The highest BCUT2D eigenvalue weighted by molar-refractivity contribution is 5.96. The first-order chi connectivity index (χ1) is 8.77. The Morgan fingerprint density at radius 2 is 2.00 bits per heavy atom. The highest BCUT2D eigenvalue weighted by Gasteiger charge is 2.42. The highest BCUT2D eigenvalue weighted by atomic mass is 16.5. The Morgan fingerprint density at radius 3 is 2.42 bits per heavy atom. The molecule has 4 N–H and O–H groups in total. The summed E-state index contributed by atoms with van der Waals surface area (Å²) in [6.45, 7) is 4.89. The molecule has 0 radical (unpaired) electrons. The van der Waals surface area contributed by atoms with Crippen LogP contribution in [0.2, 0.25) is 0 Å². The van der Waals surface area contributed by atoms with E-state index in [0.717, 1.165) is 13.1 Å². The Kier molecular flexibility index (Phi) is 4.75. The number of carbonyl (C=O) groups is 1. The lowest BCUT2D eigenvalue weighted by Crippen LogP contribution is -2.64. The van der Waals surface area contributed by atoms with Gasteiger partial charge in [0.25, 0.3) is 5.91 Å². The van der Waals surface area contributed by atoms with E-state index in [1.165, 1.54) is 7.11 Å². The lowest BCUT2D eigenvalue weighted by atomic mass is 9.85. The molecule has 7 nitrogen and oxygen atoms in total. The summed E-state index contributed by atoms with van der Waals surface area (Å²) in [6.07, 6.45) is 1.20. The fourth-order valence-corrected chi connectivity index (χ4v) is 2.00. The monoisotopic (exact) mass is 272 g/mol. The van der Waals surface area contributed by atoms with E-state index in [-0.39, 0.29) is 11.7 Å². The predicted octanol–water partition coefficient (Wildman–Crippen LogP) is -0.262. The number of amides is 1. The van der Waals surface area contributed by atoms with Crippen LogP contribution in [0.15, 0.2) is 5.16 Å². The minimum atomic E-state index is -0.952. The van der Waals surface area contributed by atoms with E-state index in [1.807, 2.05) is 7.05 Å². The molecule has 0 aromatic carbocycles. The van der Waals surface area contributed by atoms with Crippen LogP contribution in [0.3, 0.4) is 0 Å². The average Bonchev–Trinajstić information content (AvgIpc) is 2.40. The van der Waals surface area contributed by atoms with Crippen molar-refractivity contribution in [1.29, 1.82) is 0 Å². The van der Waals surface area contributed by atoms with Gasteiger partial charge in [0.15, 0.2) is 5.84 Å². The number of nitrogens with zero attached hydrogens (tertiary/aromatic N) is 2. The molecule has 110 valence electrons. The van der Waals surface area contributed by atoms with Crippen LogP contribution in [-0.2, 0) is 9.53 Å². The Hall–Kier alpha value is -1.34. The van der Waals surface area contributed by atoms with Gasteiger partial charge in [-0.1, -0.05) is 5.16 Å². The zero-order valence-corrected chi connectivity index (χ0v) is 12.1. The number of rotatable bonds is 4. The van der Waals surface area contributed by atoms with Crippen LogP contribution < -0.4 is 11.1 Å². The fraction of sp³-hybridized carbons (Fsp3) is 0.833. The normalized spacial score (nSPS) is 21.2. The molecule has 1 saturated heterocycles.